The van der Waals surface area contributed by atoms with E-state index in [1.165, 1.54) is 15.3 Å². The molecule has 0 unspecified atom stereocenters. The molecule has 1 saturated heterocycles. The van der Waals surface area contributed by atoms with Crippen molar-refractivity contribution < 1.29 is 13.2 Å². The van der Waals surface area contributed by atoms with Gasteiger partial charge in [0.25, 0.3) is 11.1 Å². The van der Waals surface area contributed by atoms with Crippen molar-refractivity contribution in [1.82, 2.24) is 19.3 Å². The molecular formula is C16H18F3N5O2. The van der Waals surface area contributed by atoms with Gasteiger partial charge in [-0.05, 0) is 24.8 Å². The van der Waals surface area contributed by atoms with Crippen LogP contribution in [0.4, 0.5) is 19.0 Å². The molecule has 0 amide bonds. The number of aromatic nitrogens is 4. The number of alkyl halides is 3. The molecule has 140 valence electrons. The number of rotatable bonds is 3. The smallest absolute Gasteiger partial charge is 0.355 e. The molecule has 0 atom stereocenters. The van der Waals surface area contributed by atoms with E-state index in [9.17, 15) is 22.8 Å². The summed E-state index contributed by atoms with van der Waals surface area (Å²) in [6.45, 7) is 1.72. The summed E-state index contributed by atoms with van der Waals surface area (Å²) in [6, 6.07) is 3.67. The maximum atomic E-state index is 12.6. The van der Waals surface area contributed by atoms with Crippen molar-refractivity contribution >= 4 is 5.82 Å². The fraction of sp³-hybridized carbons (Fsp3) is 0.500. The zero-order valence-corrected chi connectivity index (χ0v) is 14.1. The summed E-state index contributed by atoms with van der Waals surface area (Å²) in [5, 5.41) is 4.21. The first-order valence-corrected chi connectivity index (χ1v) is 8.17. The van der Waals surface area contributed by atoms with Gasteiger partial charge in [0, 0.05) is 38.8 Å². The Bertz CT molecular complexity index is 898. The van der Waals surface area contributed by atoms with Gasteiger partial charge in [-0.2, -0.15) is 18.3 Å². The summed E-state index contributed by atoms with van der Waals surface area (Å²) in [5.74, 6) is 0.869. The lowest BCUT2D eigenvalue weighted by Gasteiger charge is -2.32. The molecule has 0 aliphatic carbocycles. The van der Waals surface area contributed by atoms with Gasteiger partial charge in [-0.25, -0.2) is 9.67 Å². The summed E-state index contributed by atoms with van der Waals surface area (Å²) in [7, 11) is 1.59. The van der Waals surface area contributed by atoms with Gasteiger partial charge in [0.2, 0.25) is 0 Å². The van der Waals surface area contributed by atoms with Crippen LogP contribution in [-0.4, -0.2) is 32.4 Å². The molecule has 10 heteroatoms. The molecule has 0 saturated carbocycles. The van der Waals surface area contributed by atoms with Crippen molar-refractivity contribution in [3.05, 3.63) is 50.9 Å². The minimum absolute atomic E-state index is 0.162. The van der Waals surface area contributed by atoms with E-state index in [2.05, 4.69) is 10.1 Å². The second-order valence-corrected chi connectivity index (χ2v) is 6.35. The fourth-order valence-electron chi connectivity index (χ4n) is 3.00. The predicted octanol–water partition coefficient (Wildman–Crippen LogP) is 1.27. The molecule has 3 rings (SSSR count). The summed E-state index contributed by atoms with van der Waals surface area (Å²) in [5.41, 5.74) is -2.05. The highest BCUT2D eigenvalue weighted by molar-refractivity contribution is 5.36. The van der Waals surface area contributed by atoms with E-state index in [1.807, 2.05) is 4.90 Å². The molecule has 1 aliphatic rings. The molecule has 0 bridgehead atoms. The molecule has 0 N–H and O–H groups in total. The Morgan fingerprint density at radius 2 is 1.85 bits per heavy atom. The molecule has 0 aromatic carbocycles. The first-order chi connectivity index (χ1) is 12.2. The van der Waals surface area contributed by atoms with Crippen molar-refractivity contribution in [2.24, 2.45) is 13.0 Å². The highest BCUT2D eigenvalue weighted by Gasteiger charge is 2.33. The molecule has 0 radical (unpaired) electrons. The second kappa shape index (κ2) is 6.93. The maximum Gasteiger partial charge on any atom is 0.433 e. The van der Waals surface area contributed by atoms with Gasteiger partial charge in [0.05, 0.1) is 6.33 Å². The van der Waals surface area contributed by atoms with Gasteiger partial charge in [-0.1, -0.05) is 0 Å². The molecular weight excluding hydrogens is 351 g/mol. The molecule has 2 aromatic rings. The molecule has 1 fully saturated rings. The summed E-state index contributed by atoms with van der Waals surface area (Å²) in [4.78, 5) is 28.7. The number of nitrogens with zero attached hydrogens (tertiary/aromatic N) is 5. The third kappa shape index (κ3) is 3.94. The molecule has 0 spiro atoms. The second-order valence-electron chi connectivity index (χ2n) is 6.35. The normalized spacial score (nSPS) is 16.1. The zero-order chi connectivity index (χ0) is 18.9. The molecule has 1 aliphatic heterocycles. The fourth-order valence-corrected chi connectivity index (χ4v) is 3.00. The van der Waals surface area contributed by atoms with E-state index in [0.29, 0.717) is 31.5 Å². The lowest BCUT2D eigenvalue weighted by molar-refractivity contribution is -0.141. The molecule has 3 heterocycles. The van der Waals surface area contributed by atoms with E-state index in [4.69, 9.17) is 0 Å². The average molecular weight is 369 g/mol. The molecule has 2 aromatic heterocycles. The van der Waals surface area contributed by atoms with Gasteiger partial charge >= 0.3 is 6.18 Å². The van der Waals surface area contributed by atoms with Crippen molar-refractivity contribution in [3.8, 4) is 0 Å². The Balaban J connectivity index is 1.63. The van der Waals surface area contributed by atoms with Gasteiger partial charge in [-0.15, -0.1) is 0 Å². The average Bonchev–Trinajstić information content (AvgIpc) is 2.59. The van der Waals surface area contributed by atoms with Crippen molar-refractivity contribution in [2.45, 2.75) is 25.6 Å². The van der Waals surface area contributed by atoms with Crippen LogP contribution >= 0.6 is 0 Å². The van der Waals surface area contributed by atoms with Crippen LogP contribution in [0, 0.1) is 5.92 Å². The SMILES string of the molecule is Cn1nc(N2CCC(Cn3cnc(C(F)(F)F)cc3=O)CC2)ccc1=O. The Morgan fingerprint density at radius 3 is 2.42 bits per heavy atom. The van der Waals surface area contributed by atoms with Gasteiger partial charge < -0.3 is 4.90 Å². The number of piperidine rings is 1. The topological polar surface area (TPSA) is 73.0 Å². The van der Waals surface area contributed by atoms with Crippen LogP contribution in [0.2, 0.25) is 0 Å². The van der Waals surface area contributed by atoms with Crippen LogP contribution in [0.3, 0.4) is 0 Å². The number of hydrogen-bond donors (Lipinski definition) is 0. The Kier molecular flexibility index (Phi) is 4.84. The van der Waals surface area contributed by atoms with Crippen molar-refractivity contribution in [1.29, 1.82) is 0 Å². The van der Waals surface area contributed by atoms with Crippen LogP contribution in [0.25, 0.3) is 0 Å². The van der Waals surface area contributed by atoms with Crippen molar-refractivity contribution in [3.63, 3.8) is 0 Å². The summed E-state index contributed by atoms with van der Waals surface area (Å²) in [6.07, 6.45) is -2.13. The lowest BCUT2D eigenvalue weighted by Crippen LogP contribution is -2.37. The Labute approximate surface area is 146 Å². The van der Waals surface area contributed by atoms with E-state index >= 15 is 0 Å². The highest BCUT2D eigenvalue weighted by atomic mass is 19.4. The highest BCUT2D eigenvalue weighted by Crippen LogP contribution is 2.26. The minimum Gasteiger partial charge on any atom is -0.355 e. The van der Waals surface area contributed by atoms with Crippen LogP contribution in [0.15, 0.2) is 34.1 Å². The van der Waals surface area contributed by atoms with Gasteiger partial charge in [0.1, 0.15) is 5.82 Å². The monoisotopic (exact) mass is 369 g/mol. The van der Waals surface area contributed by atoms with Gasteiger partial charge in [0.15, 0.2) is 5.69 Å². The Hall–Kier alpha value is -2.65. The lowest BCUT2D eigenvalue weighted by atomic mass is 9.96. The summed E-state index contributed by atoms with van der Waals surface area (Å²) < 4.78 is 40.2. The first-order valence-electron chi connectivity index (χ1n) is 8.17. The first kappa shape index (κ1) is 18.2. The molecule has 26 heavy (non-hydrogen) atoms. The number of halogens is 3. The number of aryl methyl sites for hydroxylation is 1. The van der Waals surface area contributed by atoms with Crippen LogP contribution < -0.4 is 16.0 Å². The number of anilines is 1. The van der Waals surface area contributed by atoms with Crippen LogP contribution in [0.5, 0.6) is 0 Å². The largest absolute Gasteiger partial charge is 0.433 e. The van der Waals surface area contributed by atoms with Crippen molar-refractivity contribution in [2.75, 3.05) is 18.0 Å². The van der Waals surface area contributed by atoms with E-state index in [1.54, 1.807) is 13.1 Å². The third-order valence-corrected chi connectivity index (χ3v) is 4.51. The van der Waals surface area contributed by atoms with E-state index in [0.717, 1.165) is 19.2 Å². The Morgan fingerprint density at radius 1 is 1.15 bits per heavy atom. The number of hydrogen-bond acceptors (Lipinski definition) is 5. The molecule has 7 nitrogen and oxygen atoms in total. The van der Waals surface area contributed by atoms with Crippen LogP contribution in [-0.2, 0) is 19.8 Å². The van der Waals surface area contributed by atoms with Crippen LogP contribution in [0.1, 0.15) is 18.5 Å². The minimum atomic E-state index is -4.62. The van der Waals surface area contributed by atoms with E-state index in [-0.39, 0.29) is 11.5 Å². The summed E-state index contributed by atoms with van der Waals surface area (Å²) >= 11 is 0. The predicted molar refractivity (Wildman–Crippen MR) is 87.9 cm³/mol. The van der Waals surface area contributed by atoms with Gasteiger partial charge in [-0.3, -0.25) is 14.2 Å². The van der Waals surface area contributed by atoms with E-state index < -0.39 is 17.4 Å². The maximum absolute atomic E-state index is 12.6. The standard InChI is InChI=1S/C16H18F3N5O2/c1-22-14(25)3-2-13(21-22)23-6-4-11(5-7-23)9-24-10-20-12(8-15(24)26)16(17,18)19/h2-3,8,10-11H,4-7,9H2,1H3. The third-order valence-electron chi connectivity index (χ3n) is 4.51. The quantitative estimate of drug-likeness (QED) is 0.815. The zero-order valence-electron chi connectivity index (χ0n) is 14.1.